The monoisotopic (exact) mass is 612 g/mol. The predicted octanol–water partition coefficient (Wildman–Crippen LogP) is 12.7. The van der Waals surface area contributed by atoms with Crippen LogP contribution in [-0.2, 0) is 0 Å². The van der Waals surface area contributed by atoms with Gasteiger partial charge in [0.05, 0.1) is 16.7 Å². The number of nitrogens with zero attached hydrogens (tertiary/aromatic N) is 2. The van der Waals surface area contributed by atoms with Crippen molar-refractivity contribution in [1.29, 1.82) is 0 Å². The molecule has 1 heterocycles. The molecule has 0 bridgehead atoms. The molecule has 9 rings (SSSR count). The molecule has 48 heavy (non-hydrogen) atoms. The Morgan fingerprint density at radius 1 is 0.354 bits per heavy atom. The van der Waals surface area contributed by atoms with Crippen molar-refractivity contribution in [2.24, 2.45) is 0 Å². The van der Waals surface area contributed by atoms with E-state index in [1.54, 1.807) is 0 Å². The molecular weight excluding hydrogens is 581 g/mol. The number of anilines is 3. The highest BCUT2D eigenvalue weighted by Crippen LogP contribution is 2.44. The van der Waals surface area contributed by atoms with Crippen LogP contribution in [0.1, 0.15) is 0 Å². The van der Waals surface area contributed by atoms with Crippen molar-refractivity contribution in [3.8, 4) is 27.9 Å². The van der Waals surface area contributed by atoms with Crippen LogP contribution in [0, 0.1) is 0 Å². The lowest BCUT2D eigenvalue weighted by Gasteiger charge is -2.29. The van der Waals surface area contributed by atoms with Crippen LogP contribution in [0.2, 0.25) is 0 Å². The lowest BCUT2D eigenvalue weighted by molar-refractivity contribution is 1.17. The third kappa shape index (κ3) is 4.83. The van der Waals surface area contributed by atoms with Crippen molar-refractivity contribution in [3.63, 3.8) is 0 Å². The minimum Gasteiger partial charge on any atom is -0.310 e. The maximum Gasteiger partial charge on any atom is 0.0541 e. The van der Waals surface area contributed by atoms with Crippen LogP contribution >= 0.6 is 0 Å². The first-order chi connectivity index (χ1) is 23.8. The Hall–Kier alpha value is -6.38. The Bertz CT molecular complexity index is 2490. The van der Waals surface area contributed by atoms with Crippen LogP contribution in [0.15, 0.2) is 194 Å². The van der Waals surface area contributed by atoms with Crippen molar-refractivity contribution in [1.82, 2.24) is 4.57 Å². The molecule has 2 nitrogen and oxygen atoms in total. The molecule has 0 N–H and O–H groups in total. The summed E-state index contributed by atoms with van der Waals surface area (Å²) >= 11 is 0. The Kier molecular flexibility index (Phi) is 6.84. The van der Waals surface area contributed by atoms with Gasteiger partial charge in [-0.05, 0) is 82.1 Å². The highest BCUT2D eigenvalue weighted by atomic mass is 15.1. The van der Waals surface area contributed by atoms with Crippen molar-refractivity contribution >= 4 is 49.6 Å². The van der Waals surface area contributed by atoms with E-state index < -0.39 is 0 Å². The molecule has 0 atom stereocenters. The molecule has 0 radical (unpaired) electrons. The van der Waals surface area contributed by atoms with Crippen molar-refractivity contribution in [2.75, 3.05) is 4.90 Å². The fourth-order valence-corrected chi connectivity index (χ4v) is 7.08. The van der Waals surface area contributed by atoms with Crippen molar-refractivity contribution in [3.05, 3.63) is 194 Å². The second kappa shape index (κ2) is 11.8. The smallest absolute Gasteiger partial charge is 0.0541 e. The van der Waals surface area contributed by atoms with Gasteiger partial charge in [-0.3, -0.25) is 0 Å². The highest BCUT2D eigenvalue weighted by molar-refractivity contribution is 6.09. The topological polar surface area (TPSA) is 8.17 Å². The average Bonchev–Trinajstić information content (AvgIpc) is 3.50. The number of hydrogen-bond acceptors (Lipinski definition) is 1. The van der Waals surface area contributed by atoms with Gasteiger partial charge in [-0.15, -0.1) is 0 Å². The van der Waals surface area contributed by atoms with E-state index >= 15 is 0 Å². The van der Waals surface area contributed by atoms with Gasteiger partial charge in [0, 0.05) is 33.4 Å². The van der Waals surface area contributed by atoms with Gasteiger partial charge in [-0.25, -0.2) is 0 Å². The summed E-state index contributed by atoms with van der Waals surface area (Å²) in [7, 11) is 0. The van der Waals surface area contributed by atoms with E-state index in [1.165, 1.54) is 49.3 Å². The predicted molar refractivity (Wildman–Crippen MR) is 204 cm³/mol. The Balaban J connectivity index is 1.28. The van der Waals surface area contributed by atoms with Gasteiger partial charge >= 0.3 is 0 Å². The maximum absolute atomic E-state index is 2.40. The Labute approximate surface area is 280 Å². The van der Waals surface area contributed by atoms with E-state index in [9.17, 15) is 0 Å². The maximum atomic E-state index is 2.40. The molecule has 0 saturated heterocycles. The number of hydrogen-bond donors (Lipinski definition) is 0. The van der Waals surface area contributed by atoms with Gasteiger partial charge in [-0.2, -0.15) is 0 Å². The summed E-state index contributed by atoms with van der Waals surface area (Å²) in [4.78, 5) is 2.40. The lowest BCUT2D eigenvalue weighted by atomic mass is 9.99. The van der Waals surface area contributed by atoms with E-state index in [4.69, 9.17) is 0 Å². The highest BCUT2D eigenvalue weighted by Gasteiger charge is 2.20. The molecule has 0 fully saturated rings. The van der Waals surface area contributed by atoms with E-state index in [2.05, 4.69) is 204 Å². The SMILES string of the molecule is c1ccc(-c2ccc(N(c3ccc4ccccc4c3)c3ccc(-n4c5ccccc5c5ccccc54)cc3-c3ccccc3)cc2)cc1. The molecule has 226 valence electrons. The summed E-state index contributed by atoms with van der Waals surface area (Å²) in [6.07, 6.45) is 0. The fourth-order valence-electron chi connectivity index (χ4n) is 7.08. The normalized spacial score (nSPS) is 11.3. The molecular formula is C46H32N2. The van der Waals surface area contributed by atoms with Gasteiger partial charge in [0.25, 0.3) is 0 Å². The summed E-state index contributed by atoms with van der Waals surface area (Å²) in [5.74, 6) is 0. The van der Waals surface area contributed by atoms with Gasteiger partial charge in [0.1, 0.15) is 0 Å². The van der Waals surface area contributed by atoms with Gasteiger partial charge in [-0.1, -0.05) is 140 Å². The molecule has 0 aliphatic heterocycles. The minimum atomic E-state index is 1.10. The number of fused-ring (bicyclic) bond motifs is 4. The second-order valence-electron chi connectivity index (χ2n) is 12.2. The van der Waals surface area contributed by atoms with Crippen LogP contribution in [0.4, 0.5) is 17.1 Å². The summed E-state index contributed by atoms with van der Waals surface area (Å²) in [6, 6.07) is 70.0. The van der Waals surface area contributed by atoms with Gasteiger partial charge in [0.2, 0.25) is 0 Å². The van der Waals surface area contributed by atoms with Gasteiger partial charge in [0.15, 0.2) is 0 Å². The van der Waals surface area contributed by atoms with Crippen LogP contribution < -0.4 is 4.90 Å². The molecule has 9 aromatic rings. The van der Waals surface area contributed by atoms with Crippen molar-refractivity contribution < 1.29 is 0 Å². The summed E-state index contributed by atoms with van der Waals surface area (Å²) in [5, 5.41) is 4.96. The molecule has 8 aromatic carbocycles. The summed E-state index contributed by atoms with van der Waals surface area (Å²) in [5.41, 5.74) is 11.6. The fraction of sp³-hybridized carbons (Fsp3) is 0. The van der Waals surface area contributed by atoms with E-state index in [-0.39, 0.29) is 0 Å². The zero-order valence-electron chi connectivity index (χ0n) is 26.4. The number of rotatable bonds is 6. The quantitative estimate of drug-likeness (QED) is 0.181. The van der Waals surface area contributed by atoms with Crippen LogP contribution in [0.5, 0.6) is 0 Å². The van der Waals surface area contributed by atoms with E-state index in [1.807, 2.05) is 0 Å². The standard InChI is InChI=1S/C46H32N2/c1-3-13-33(14-4-1)35-23-26-38(27-24-35)47(39-28-25-34-15-7-8-18-37(34)31-39)46-30-29-40(32-43(46)36-16-5-2-6-17-36)48-44-21-11-9-19-41(44)42-20-10-12-22-45(42)48/h1-32H. The Morgan fingerprint density at radius 2 is 0.896 bits per heavy atom. The number of benzene rings is 8. The third-order valence-electron chi connectivity index (χ3n) is 9.37. The molecule has 0 spiro atoms. The summed E-state index contributed by atoms with van der Waals surface area (Å²) in [6.45, 7) is 0. The molecule has 0 unspecified atom stereocenters. The first-order valence-electron chi connectivity index (χ1n) is 16.4. The molecule has 2 heteroatoms. The van der Waals surface area contributed by atoms with E-state index in [0.717, 1.165) is 28.3 Å². The zero-order valence-corrected chi connectivity index (χ0v) is 26.4. The molecule has 1 aromatic heterocycles. The van der Waals surface area contributed by atoms with Crippen molar-refractivity contribution in [2.45, 2.75) is 0 Å². The molecule has 0 amide bonds. The Morgan fingerprint density at radius 3 is 1.58 bits per heavy atom. The number of para-hydroxylation sites is 2. The second-order valence-corrected chi connectivity index (χ2v) is 12.2. The van der Waals surface area contributed by atoms with Crippen LogP contribution in [-0.4, -0.2) is 4.57 Å². The van der Waals surface area contributed by atoms with E-state index in [0.29, 0.717) is 0 Å². The summed E-state index contributed by atoms with van der Waals surface area (Å²) < 4.78 is 2.40. The van der Waals surface area contributed by atoms with Crippen LogP contribution in [0.3, 0.4) is 0 Å². The van der Waals surface area contributed by atoms with Crippen LogP contribution in [0.25, 0.3) is 60.5 Å². The third-order valence-corrected chi connectivity index (χ3v) is 9.37. The largest absolute Gasteiger partial charge is 0.310 e. The molecule has 0 aliphatic rings. The first-order valence-corrected chi connectivity index (χ1v) is 16.4. The number of aromatic nitrogens is 1. The first kappa shape index (κ1) is 27.9. The van der Waals surface area contributed by atoms with Gasteiger partial charge < -0.3 is 9.47 Å². The average molecular weight is 613 g/mol. The molecule has 0 saturated carbocycles. The zero-order chi connectivity index (χ0) is 31.9. The lowest BCUT2D eigenvalue weighted by Crippen LogP contribution is -2.12. The minimum absolute atomic E-state index is 1.10. The molecule has 0 aliphatic carbocycles.